The second-order valence-electron chi connectivity index (χ2n) is 2.77. The Hall–Kier alpha value is -1.57. The molecule has 3 N–H and O–H groups in total. The molecule has 0 saturated carbocycles. The van der Waals surface area contributed by atoms with E-state index in [2.05, 4.69) is 6.58 Å². The van der Waals surface area contributed by atoms with Crippen LogP contribution >= 0.6 is 12.4 Å². The molecular formula is C10H10ClFN2O. The van der Waals surface area contributed by atoms with Crippen LogP contribution in [0.1, 0.15) is 17.2 Å². The second kappa shape index (κ2) is 5.35. The molecule has 15 heavy (non-hydrogen) atoms. The van der Waals surface area contributed by atoms with Crippen LogP contribution in [0.2, 0.25) is 0 Å². The highest BCUT2D eigenvalue weighted by molar-refractivity contribution is 5.85. The number of halogens is 2. The van der Waals surface area contributed by atoms with Crippen molar-refractivity contribution in [1.29, 1.82) is 5.26 Å². The summed E-state index contributed by atoms with van der Waals surface area (Å²) in [5, 5.41) is 17.9. The van der Waals surface area contributed by atoms with Crippen LogP contribution in [0.5, 0.6) is 5.75 Å². The number of hydrogen-bond donors (Lipinski definition) is 2. The van der Waals surface area contributed by atoms with E-state index < -0.39 is 17.6 Å². The van der Waals surface area contributed by atoms with Crippen molar-refractivity contribution in [1.82, 2.24) is 0 Å². The van der Waals surface area contributed by atoms with Gasteiger partial charge in [0.15, 0.2) is 11.6 Å². The van der Waals surface area contributed by atoms with Gasteiger partial charge in [0.2, 0.25) is 0 Å². The minimum absolute atomic E-state index is 0. The Bertz CT molecular complexity index is 415. The molecule has 0 bridgehead atoms. The molecular weight excluding hydrogens is 219 g/mol. The molecule has 0 amide bonds. The van der Waals surface area contributed by atoms with Gasteiger partial charge in [-0.05, 0) is 12.1 Å². The third-order valence-corrected chi connectivity index (χ3v) is 1.84. The Labute approximate surface area is 93.0 Å². The lowest BCUT2D eigenvalue weighted by atomic mass is 10.0. The zero-order valence-electron chi connectivity index (χ0n) is 7.77. The van der Waals surface area contributed by atoms with Gasteiger partial charge in [-0.3, -0.25) is 0 Å². The monoisotopic (exact) mass is 228 g/mol. The first-order valence-corrected chi connectivity index (χ1v) is 3.90. The van der Waals surface area contributed by atoms with Gasteiger partial charge in [-0.1, -0.05) is 6.08 Å². The lowest BCUT2D eigenvalue weighted by Crippen LogP contribution is -2.07. The van der Waals surface area contributed by atoms with Crippen LogP contribution in [0.25, 0.3) is 0 Å². The molecule has 0 aliphatic heterocycles. The van der Waals surface area contributed by atoms with Crippen molar-refractivity contribution in [3.05, 3.63) is 41.7 Å². The van der Waals surface area contributed by atoms with Gasteiger partial charge in [0.1, 0.15) is 0 Å². The van der Waals surface area contributed by atoms with Crippen molar-refractivity contribution in [3.8, 4) is 11.8 Å². The van der Waals surface area contributed by atoms with Crippen molar-refractivity contribution < 1.29 is 9.50 Å². The van der Waals surface area contributed by atoms with E-state index in [0.717, 1.165) is 6.07 Å². The molecule has 0 aliphatic rings. The summed E-state index contributed by atoms with van der Waals surface area (Å²) in [5.74, 6) is -1.38. The van der Waals surface area contributed by atoms with E-state index in [9.17, 15) is 9.50 Å². The van der Waals surface area contributed by atoms with E-state index >= 15 is 0 Å². The molecule has 0 fully saturated rings. The SMILES string of the molecule is C=C[C@H](N)c1cc(C#N)cc(F)c1O.Cl. The highest BCUT2D eigenvalue weighted by Crippen LogP contribution is 2.27. The van der Waals surface area contributed by atoms with E-state index in [1.807, 2.05) is 0 Å². The Kier molecular flexibility index (Phi) is 4.79. The second-order valence-corrected chi connectivity index (χ2v) is 2.77. The molecule has 0 unspecified atom stereocenters. The maximum atomic E-state index is 13.0. The summed E-state index contributed by atoms with van der Waals surface area (Å²) in [6.07, 6.45) is 1.36. The van der Waals surface area contributed by atoms with Crippen LogP contribution in [0.15, 0.2) is 24.8 Å². The molecule has 5 heteroatoms. The average molecular weight is 229 g/mol. The van der Waals surface area contributed by atoms with Gasteiger partial charge in [-0.15, -0.1) is 19.0 Å². The zero-order chi connectivity index (χ0) is 10.7. The summed E-state index contributed by atoms with van der Waals surface area (Å²) in [5.41, 5.74) is 5.82. The predicted octanol–water partition coefficient (Wildman–Crippen LogP) is 2.01. The third-order valence-electron chi connectivity index (χ3n) is 1.84. The number of nitrogens with two attached hydrogens (primary N) is 1. The Morgan fingerprint density at radius 2 is 2.20 bits per heavy atom. The number of nitrogens with zero attached hydrogens (tertiary/aromatic N) is 1. The van der Waals surface area contributed by atoms with Gasteiger partial charge < -0.3 is 10.8 Å². The standard InChI is InChI=1S/C10H9FN2O.ClH/c1-2-9(13)7-3-6(5-12)4-8(11)10(7)14;/h2-4,9,14H,1,13H2;1H/t9-;/m0./s1. The summed E-state index contributed by atoms with van der Waals surface area (Å²) >= 11 is 0. The van der Waals surface area contributed by atoms with Gasteiger partial charge >= 0.3 is 0 Å². The molecule has 3 nitrogen and oxygen atoms in total. The molecule has 1 aromatic rings. The minimum Gasteiger partial charge on any atom is -0.505 e. The third kappa shape index (κ3) is 2.69. The van der Waals surface area contributed by atoms with Crippen molar-refractivity contribution in [3.63, 3.8) is 0 Å². The van der Waals surface area contributed by atoms with Gasteiger partial charge in [-0.25, -0.2) is 4.39 Å². The first-order chi connectivity index (χ1) is 6.60. The summed E-state index contributed by atoms with van der Waals surface area (Å²) < 4.78 is 13.0. The number of benzene rings is 1. The summed E-state index contributed by atoms with van der Waals surface area (Å²) in [6, 6.07) is 3.38. The topological polar surface area (TPSA) is 70.0 Å². The van der Waals surface area contributed by atoms with E-state index in [-0.39, 0.29) is 23.5 Å². The maximum absolute atomic E-state index is 13.0. The predicted molar refractivity (Wildman–Crippen MR) is 57.2 cm³/mol. The minimum atomic E-state index is -0.851. The largest absolute Gasteiger partial charge is 0.505 e. The van der Waals surface area contributed by atoms with Crippen LogP contribution in [0.4, 0.5) is 4.39 Å². The van der Waals surface area contributed by atoms with Crippen LogP contribution in [0.3, 0.4) is 0 Å². The van der Waals surface area contributed by atoms with Gasteiger partial charge in [0.05, 0.1) is 17.7 Å². The molecule has 0 radical (unpaired) electrons. The van der Waals surface area contributed by atoms with E-state index in [1.165, 1.54) is 12.1 Å². The molecule has 1 rings (SSSR count). The van der Waals surface area contributed by atoms with Crippen LogP contribution in [0, 0.1) is 17.1 Å². The summed E-state index contributed by atoms with van der Waals surface area (Å²) in [4.78, 5) is 0. The molecule has 0 aliphatic carbocycles. The zero-order valence-corrected chi connectivity index (χ0v) is 8.59. The van der Waals surface area contributed by atoms with Gasteiger partial charge in [0.25, 0.3) is 0 Å². The Morgan fingerprint density at radius 1 is 1.60 bits per heavy atom. The molecule has 1 atom stereocenters. The highest BCUT2D eigenvalue weighted by Gasteiger charge is 2.13. The number of hydrogen-bond acceptors (Lipinski definition) is 3. The Balaban J connectivity index is 0.00000196. The van der Waals surface area contributed by atoms with Crippen molar-refractivity contribution in [2.75, 3.05) is 0 Å². The number of phenolic OH excluding ortho intramolecular Hbond substituents is 1. The van der Waals surface area contributed by atoms with Crippen molar-refractivity contribution in [2.24, 2.45) is 5.73 Å². The van der Waals surface area contributed by atoms with E-state index in [0.29, 0.717) is 0 Å². The fourth-order valence-electron chi connectivity index (χ4n) is 1.07. The van der Waals surface area contributed by atoms with Crippen LogP contribution < -0.4 is 5.73 Å². The number of aromatic hydroxyl groups is 1. The Morgan fingerprint density at radius 3 is 2.67 bits per heavy atom. The lowest BCUT2D eigenvalue weighted by molar-refractivity contribution is 0.424. The fourth-order valence-corrected chi connectivity index (χ4v) is 1.07. The normalized spacial score (nSPS) is 11.0. The first kappa shape index (κ1) is 13.4. The molecule has 0 spiro atoms. The van der Waals surface area contributed by atoms with Gasteiger partial charge in [-0.2, -0.15) is 5.26 Å². The van der Waals surface area contributed by atoms with E-state index in [1.54, 1.807) is 6.07 Å². The molecule has 0 heterocycles. The number of nitriles is 1. The summed E-state index contributed by atoms with van der Waals surface area (Å²) in [6.45, 7) is 3.42. The maximum Gasteiger partial charge on any atom is 0.166 e. The molecule has 0 saturated heterocycles. The highest BCUT2D eigenvalue weighted by atomic mass is 35.5. The smallest absolute Gasteiger partial charge is 0.166 e. The van der Waals surface area contributed by atoms with Gasteiger partial charge in [0, 0.05) is 5.56 Å². The lowest BCUT2D eigenvalue weighted by Gasteiger charge is -2.09. The first-order valence-electron chi connectivity index (χ1n) is 3.90. The fraction of sp³-hybridized carbons (Fsp3) is 0.100. The quantitative estimate of drug-likeness (QED) is 0.761. The van der Waals surface area contributed by atoms with Crippen LogP contribution in [-0.2, 0) is 0 Å². The molecule has 0 aromatic heterocycles. The molecule has 80 valence electrons. The average Bonchev–Trinajstić information content (AvgIpc) is 2.20. The number of phenols is 1. The molecule has 1 aromatic carbocycles. The van der Waals surface area contributed by atoms with Crippen LogP contribution in [-0.4, -0.2) is 5.11 Å². The summed E-state index contributed by atoms with van der Waals surface area (Å²) in [7, 11) is 0. The van der Waals surface area contributed by atoms with Crippen molar-refractivity contribution >= 4 is 12.4 Å². The van der Waals surface area contributed by atoms with Crippen molar-refractivity contribution in [2.45, 2.75) is 6.04 Å². The number of rotatable bonds is 2. The van der Waals surface area contributed by atoms with E-state index in [4.69, 9.17) is 11.0 Å².